The van der Waals surface area contributed by atoms with Gasteiger partial charge in [0, 0.05) is 22.2 Å². The van der Waals surface area contributed by atoms with Gasteiger partial charge in [0.05, 0.1) is 0 Å². The van der Waals surface area contributed by atoms with Gasteiger partial charge in [0.15, 0.2) is 0 Å². The van der Waals surface area contributed by atoms with Gasteiger partial charge in [0.2, 0.25) is 0 Å². The van der Waals surface area contributed by atoms with Crippen LogP contribution >= 0.6 is 15.9 Å². The van der Waals surface area contributed by atoms with Crippen LogP contribution in [0, 0.1) is 0 Å². The van der Waals surface area contributed by atoms with Crippen molar-refractivity contribution in [2.24, 2.45) is 0 Å². The highest BCUT2D eigenvalue weighted by Gasteiger charge is 2.13. The van der Waals surface area contributed by atoms with E-state index in [9.17, 15) is 4.79 Å². The van der Waals surface area contributed by atoms with Crippen LogP contribution in [0.15, 0.2) is 33.5 Å². The van der Waals surface area contributed by atoms with Crippen LogP contribution in [0.3, 0.4) is 0 Å². The number of benzene rings is 1. The van der Waals surface area contributed by atoms with Crippen LogP contribution < -0.4 is 5.56 Å². The molecular weight excluding hydrogens is 280 g/mol. The van der Waals surface area contributed by atoms with Crippen molar-refractivity contribution < 1.29 is 0 Å². The molecule has 2 rings (SSSR count). The first-order valence-electron chi connectivity index (χ1n) is 5.61. The summed E-state index contributed by atoms with van der Waals surface area (Å²) in [4.78, 5) is 11.7. The molecule has 17 heavy (non-hydrogen) atoms. The summed E-state index contributed by atoms with van der Waals surface area (Å²) in [5.41, 5.74) is 2.96. The maximum Gasteiger partial charge on any atom is 0.267 e. The smallest absolute Gasteiger partial charge is 0.267 e. The van der Waals surface area contributed by atoms with Gasteiger partial charge in [-0.1, -0.05) is 41.9 Å². The highest BCUT2D eigenvalue weighted by atomic mass is 79.9. The van der Waals surface area contributed by atoms with Crippen LogP contribution in [0.1, 0.15) is 36.6 Å². The summed E-state index contributed by atoms with van der Waals surface area (Å²) in [5.74, 6) is 0.319. The molecule has 1 aromatic carbocycles. The number of halogens is 1. The normalized spacial score (nSPS) is 11.1. The maximum atomic E-state index is 11.7. The molecule has 0 unspecified atom stereocenters. The van der Waals surface area contributed by atoms with Crippen LogP contribution in [0.5, 0.6) is 0 Å². The molecule has 0 saturated carbocycles. The summed E-state index contributed by atoms with van der Waals surface area (Å²) in [5, 5.41) is 5.62. The zero-order valence-electron chi connectivity index (χ0n) is 9.88. The number of aromatic nitrogens is 2. The molecule has 1 aromatic heterocycles. The van der Waals surface area contributed by atoms with E-state index >= 15 is 0 Å². The van der Waals surface area contributed by atoms with E-state index in [4.69, 9.17) is 0 Å². The Kier molecular flexibility index (Phi) is 3.52. The quantitative estimate of drug-likeness (QED) is 0.897. The van der Waals surface area contributed by atoms with Crippen LogP contribution in [-0.2, 0) is 6.42 Å². The Morgan fingerprint density at radius 3 is 2.41 bits per heavy atom. The lowest BCUT2D eigenvalue weighted by Gasteiger charge is -2.05. The van der Waals surface area contributed by atoms with Gasteiger partial charge in [0.1, 0.15) is 0 Å². The number of aromatic amines is 2. The Bertz CT molecular complexity index is 552. The topological polar surface area (TPSA) is 48.6 Å². The average Bonchev–Trinajstić information content (AvgIpc) is 2.64. The summed E-state index contributed by atoms with van der Waals surface area (Å²) in [6, 6.07) is 8.04. The third kappa shape index (κ3) is 2.69. The minimum Gasteiger partial charge on any atom is -0.302 e. The molecule has 0 aliphatic carbocycles. The fraction of sp³-hybridized carbons (Fsp3) is 0.308. The summed E-state index contributed by atoms with van der Waals surface area (Å²) in [6.07, 6.45) is 0.666. The van der Waals surface area contributed by atoms with E-state index in [1.54, 1.807) is 0 Å². The predicted octanol–water partition coefficient (Wildman–Crippen LogP) is 3.18. The molecule has 3 nitrogen and oxygen atoms in total. The van der Waals surface area contributed by atoms with E-state index in [0.717, 1.165) is 21.3 Å². The van der Waals surface area contributed by atoms with Crippen molar-refractivity contribution in [1.82, 2.24) is 10.2 Å². The minimum atomic E-state index is -0.0170. The van der Waals surface area contributed by atoms with Crippen molar-refractivity contribution >= 4 is 15.9 Å². The van der Waals surface area contributed by atoms with Crippen LogP contribution in [0.4, 0.5) is 0 Å². The first-order chi connectivity index (χ1) is 8.08. The van der Waals surface area contributed by atoms with Crippen molar-refractivity contribution in [3.05, 3.63) is 55.9 Å². The zero-order chi connectivity index (χ0) is 12.4. The van der Waals surface area contributed by atoms with Gasteiger partial charge in [0.25, 0.3) is 5.56 Å². The molecule has 0 spiro atoms. The first-order valence-corrected chi connectivity index (χ1v) is 6.41. The molecule has 0 amide bonds. The Hall–Kier alpha value is -1.29. The van der Waals surface area contributed by atoms with Gasteiger partial charge < -0.3 is 5.10 Å². The van der Waals surface area contributed by atoms with Crippen molar-refractivity contribution in [1.29, 1.82) is 0 Å². The summed E-state index contributed by atoms with van der Waals surface area (Å²) in [6.45, 7) is 4.15. The predicted molar refractivity (Wildman–Crippen MR) is 72.5 cm³/mol. The lowest BCUT2D eigenvalue weighted by molar-refractivity contribution is 0.799. The fourth-order valence-corrected chi connectivity index (χ4v) is 2.14. The third-order valence-corrected chi connectivity index (χ3v) is 3.31. The SMILES string of the molecule is CC(C)c1[nH][nH]c(=O)c1Cc1ccc(Br)cc1. The number of nitrogens with one attached hydrogen (secondary N) is 2. The van der Waals surface area contributed by atoms with Crippen molar-refractivity contribution in [3.8, 4) is 0 Å². The molecule has 4 heteroatoms. The van der Waals surface area contributed by atoms with Crippen LogP contribution in [0.2, 0.25) is 0 Å². The second-order valence-electron chi connectivity index (χ2n) is 4.43. The minimum absolute atomic E-state index is 0.0170. The second-order valence-corrected chi connectivity index (χ2v) is 5.34. The highest BCUT2D eigenvalue weighted by molar-refractivity contribution is 9.10. The fourth-order valence-electron chi connectivity index (χ4n) is 1.87. The zero-order valence-corrected chi connectivity index (χ0v) is 11.5. The van der Waals surface area contributed by atoms with E-state index in [1.807, 2.05) is 24.3 Å². The average molecular weight is 295 g/mol. The largest absolute Gasteiger partial charge is 0.302 e. The molecule has 2 aromatic rings. The third-order valence-electron chi connectivity index (χ3n) is 2.78. The molecular formula is C13H15BrN2O. The molecule has 0 bridgehead atoms. The van der Waals surface area contributed by atoms with Crippen molar-refractivity contribution in [2.45, 2.75) is 26.2 Å². The van der Waals surface area contributed by atoms with Gasteiger partial charge in [-0.2, -0.15) is 0 Å². The Morgan fingerprint density at radius 2 is 1.82 bits per heavy atom. The molecule has 0 atom stereocenters. The molecule has 90 valence electrons. The van der Waals surface area contributed by atoms with E-state index in [1.165, 1.54) is 0 Å². The highest BCUT2D eigenvalue weighted by Crippen LogP contribution is 2.18. The first kappa shape index (κ1) is 12.2. The summed E-state index contributed by atoms with van der Waals surface area (Å²) in [7, 11) is 0. The lowest BCUT2D eigenvalue weighted by Crippen LogP contribution is -2.08. The van der Waals surface area contributed by atoms with Gasteiger partial charge >= 0.3 is 0 Å². The summed E-state index contributed by atoms with van der Waals surface area (Å²) < 4.78 is 1.05. The molecule has 0 aliphatic rings. The van der Waals surface area contributed by atoms with Gasteiger partial charge in [-0.05, 0) is 23.6 Å². The Labute approximate surface area is 108 Å². The molecule has 0 saturated heterocycles. The van der Waals surface area contributed by atoms with Crippen molar-refractivity contribution in [2.75, 3.05) is 0 Å². The van der Waals surface area contributed by atoms with Crippen molar-refractivity contribution in [3.63, 3.8) is 0 Å². The van der Waals surface area contributed by atoms with Gasteiger partial charge in [-0.25, -0.2) is 0 Å². The number of hydrogen-bond acceptors (Lipinski definition) is 1. The van der Waals surface area contributed by atoms with E-state index < -0.39 is 0 Å². The van der Waals surface area contributed by atoms with Gasteiger partial charge in [-0.15, -0.1) is 0 Å². The Balaban J connectivity index is 2.32. The monoisotopic (exact) mass is 294 g/mol. The van der Waals surface area contributed by atoms with Crippen LogP contribution in [-0.4, -0.2) is 10.2 Å². The molecule has 1 heterocycles. The van der Waals surface area contributed by atoms with E-state index in [0.29, 0.717) is 12.3 Å². The molecule has 0 aliphatic heterocycles. The Morgan fingerprint density at radius 1 is 1.18 bits per heavy atom. The number of hydrogen-bond donors (Lipinski definition) is 2. The standard InChI is InChI=1S/C13H15BrN2O/c1-8(2)12-11(13(17)16-15-12)7-9-3-5-10(14)6-4-9/h3-6,8H,7H2,1-2H3,(H2,15,16,17). The number of rotatable bonds is 3. The van der Waals surface area contributed by atoms with Crippen LogP contribution in [0.25, 0.3) is 0 Å². The lowest BCUT2D eigenvalue weighted by atomic mass is 10.00. The summed E-state index contributed by atoms with van der Waals surface area (Å²) >= 11 is 3.40. The van der Waals surface area contributed by atoms with Gasteiger partial charge in [-0.3, -0.25) is 9.89 Å². The second kappa shape index (κ2) is 4.92. The molecule has 0 fully saturated rings. The van der Waals surface area contributed by atoms with E-state index in [-0.39, 0.29) is 5.56 Å². The maximum absolute atomic E-state index is 11.7. The molecule has 2 N–H and O–H groups in total. The molecule has 0 radical (unpaired) electrons. The van der Waals surface area contributed by atoms with E-state index in [2.05, 4.69) is 40.0 Å². The number of H-pyrrole nitrogens is 2.